The maximum absolute atomic E-state index is 5.97. The van der Waals surface area contributed by atoms with E-state index in [4.69, 9.17) is 4.74 Å². The van der Waals surface area contributed by atoms with Crippen LogP contribution >= 0.6 is 0 Å². The Morgan fingerprint density at radius 3 is 2.16 bits per heavy atom. The van der Waals surface area contributed by atoms with E-state index >= 15 is 0 Å². The molecule has 5 aromatic carbocycles. The van der Waals surface area contributed by atoms with Gasteiger partial charge in [-0.25, -0.2) is 0 Å². The van der Waals surface area contributed by atoms with E-state index in [1.807, 2.05) is 0 Å². The molecule has 0 N–H and O–H groups in total. The standard InChI is InChI=1S/C31H30O/c1-3-4-5-10-19-32-26-17-15-23(16-18-26)30-21-25-20-24-11-6-7-12-27(24)22(2)31(25)29-14-9-8-13-28(29)30/h6-9,11-18,20-21H,3-5,10,19H2,1-2H3. The van der Waals surface area contributed by atoms with Gasteiger partial charge in [0.1, 0.15) is 5.75 Å². The van der Waals surface area contributed by atoms with E-state index in [1.54, 1.807) is 0 Å². The Kier molecular flexibility index (Phi) is 5.81. The van der Waals surface area contributed by atoms with Crippen molar-refractivity contribution in [3.8, 4) is 16.9 Å². The van der Waals surface area contributed by atoms with Crippen molar-refractivity contribution < 1.29 is 4.74 Å². The van der Waals surface area contributed by atoms with Crippen LogP contribution in [0.15, 0.2) is 84.9 Å². The largest absolute Gasteiger partial charge is 0.494 e. The second-order valence-corrected chi connectivity index (χ2v) is 8.72. The van der Waals surface area contributed by atoms with Crippen LogP contribution in [0.1, 0.15) is 38.2 Å². The molecule has 0 spiro atoms. The van der Waals surface area contributed by atoms with E-state index in [9.17, 15) is 0 Å². The Morgan fingerprint density at radius 1 is 0.656 bits per heavy atom. The lowest BCUT2D eigenvalue weighted by molar-refractivity contribution is 0.305. The molecule has 0 aliphatic heterocycles. The number of hydrogen-bond donors (Lipinski definition) is 0. The molecular formula is C31H30O. The molecule has 0 atom stereocenters. The molecule has 0 saturated heterocycles. The fourth-order valence-electron chi connectivity index (χ4n) is 4.88. The van der Waals surface area contributed by atoms with Crippen LogP contribution in [0.5, 0.6) is 5.75 Å². The Labute approximate surface area is 190 Å². The summed E-state index contributed by atoms with van der Waals surface area (Å²) < 4.78 is 5.97. The summed E-state index contributed by atoms with van der Waals surface area (Å²) in [5.41, 5.74) is 3.86. The number of fused-ring (bicyclic) bond motifs is 4. The summed E-state index contributed by atoms with van der Waals surface area (Å²) in [6.45, 7) is 5.29. The summed E-state index contributed by atoms with van der Waals surface area (Å²) in [5.74, 6) is 0.956. The fourth-order valence-corrected chi connectivity index (χ4v) is 4.88. The van der Waals surface area contributed by atoms with Crippen molar-refractivity contribution in [2.24, 2.45) is 0 Å². The Morgan fingerprint density at radius 2 is 1.38 bits per heavy atom. The molecule has 0 radical (unpaired) electrons. The van der Waals surface area contributed by atoms with E-state index in [0.717, 1.165) is 18.8 Å². The van der Waals surface area contributed by atoms with E-state index in [0.29, 0.717) is 0 Å². The first-order chi connectivity index (χ1) is 15.8. The third-order valence-electron chi connectivity index (χ3n) is 6.56. The minimum Gasteiger partial charge on any atom is -0.494 e. The molecule has 0 aliphatic carbocycles. The topological polar surface area (TPSA) is 9.23 Å². The smallest absolute Gasteiger partial charge is 0.119 e. The van der Waals surface area contributed by atoms with Crippen molar-refractivity contribution in [2.45, 2.75) is 39.5 Å². The SMILES string of the molecule is CCCCCCOc1ccc(-c2cc3cc4ccccc4c(C)c3c3ccccc23)cc1. The summed E-state index contributed by atoms with van der Waals surface area (Å²) >= 11 is 0. The Hall–Kier alpha value is -3.32. The second kappa shape index (κ2) is 9.04. The molecular weight excluding hydrogens is 388 g/mol. The normalized spacial score (nSPS) is 11.4. The molecule has 32 heavy (non-hydrogen) atoms. The van der Waals surface area contributed by atoms with Crippen molar-refractivity contribution in [1.29, 1.82) is 0 Å². The highest BCUT2D eigenvalue weighted by atomic mass is 16.5. The van der Waals surface area contributed by atoms with Crippen LogP contribution in [-0.2, 0) is 0 Å². The molecule has 1 heteroatoms. The van der Waals surface area contributed by atoms with Gasteiger partial charge in [-0.1, -0.05) is 86.8 Å². The summed E-state index contributed by atoms with van der Waals surface area (Å²) in [6.07, 6.45) is 4.90. The molecule has 160 valence electrons. The molecule has 1 nitrogen and oxygen atoms in total. The number of ether oxygens (including phenoxy) is 1. The molecule has 0 unspecified atom stereocenters. The third-order valence-corrected chi connectivity index (χ3v) is 6.56. The van der Waals surface area contributed by atoms with Crippen molar-refractivity contribution >= 4 is 32.3 Å². The van der Waals surface area contributed by atoms with Gasteiger partial charge in [0, 0.05) is 0 Å². The number of hydrogen-bond acceptors (Lipinski definition) is 1. The monoisotopic (exact) mass is 418 g/mol. The summed E-state index contributed by atoms with van der Waals surface area (Å²) in [7, 11) is 0. The van der Waals surface area contributed by atoms with Gasteiger partial charge in [-0.15, -0.1) is 0 Å². The molecule has 0 saturated carbocycles. The van der Waals surface area contributed by atoms with Gasteiger partial charge in [-0.05, 0) is 86.6 Å². The summed E-state index contributed by atoms with van der Waals surface area (Å²) in [6, 6.07) is 30.8. The maximum Gasteiger partial charge on any atom is 0.119 e. The number of unbranched alkanes of at least 4 members (excludes halogenated alkanes) is 3. The van der Waals surface area contributed by atoms with Gasteiger partial charge < -0.3 is 4.74 Å². The molecule has 5 rings (SSSR count). The Bertz CT molecular complexity index is 1380. The van der Waals surface area contributed by atoms with E-state index < -0.39 is 0 Å². The van der Waals surface area contributed by atoms with Crippen LogP contribution in [-0.4, -0.2) is 6.61 Å². The van der Waals surface area contributed by atoms with Gasteiger partial charge in [0.25, 0.3) is 0 Å². The van der Waals surface area contributed by atoms with Gasteiger partial charge >= 0.3 is 0 Å². The maximum atomic E-state index is 5.97. The highest BCUT2D eigenvalue weighted by Gasteiger charge is 2.12. The molecule has 0 bridgehead atoms. The predicted molar refractivity (Wildman–Crippen MR) is 139 cm³/mol. The van der Waals surface area contributed by atoms with Gasteiger partial charge in [0.2, 0.25) is 0 Å². The van der Waals surface area contributed by atoms with Gasteiger partial charge in [-0.2, -0.15) is 0 Å². The molecule has 5 aromatic rings. The van der Waals surface area contributed by atoms with E-state index in [1.165, 1.54) is 68.3 Å². The molecule has 0 heterocycles. The van der Waals surface area contributed by atoms with Crippen molar-refractivity contribution in [3.05, 3.63) is 90.5 Å². The van der Waals surface area contributed by atoms with Crippen LogP contribution in [0.3, 0.4) is 0 Å². The van der Waals surface area contributed by atoms with Crippen molar-refractivity contribution in [1.82, 2.24) is 0 Å². The first kappa shape index (κ1) is 20.6. The highest BCUT2D eigenvalue weighted by molar-refractivity contribution is 6.18. The average Bonchev–Trinajstić information content (AvgIpc) is 2.84. The van der Waals surface area contributed by atoms with Crippen molar-refractivity contribution in [2.75, 3.05) is 6.61 Å². The van der Waals surface area contributed by atoms with Gasteiger partial charge in [-0.3, -0.25) is 0 Å². The van der Waals surface area contributed by atoms with Crippen LogP contribution in [0.4, 0.5) is 0 Å². The summed E-state index contributed by atoms with van der Waals surface area (Å²) in [5, 5.41) is 7.90. The summed E-state index contributed by atoms with van der Waals surface area (Å²) in [4.78, 5) is 0. The molecule has 0 amide bonds. The molecule has 0 fully saturated rings. The van der Waals surface area contributed by atoms with Gasteiger partial charge in [0.15, 0.2) is 0 Å². The first-order valence-corrected chi connectivity index (χ1v) is 11.8. The van der Waals surface area contributed by atoms with E-state index in [-0.39, 0.29) is 0 Å². The van der Waals surface area contributed by atoms with Crippen LogP contribution in [0.25, 0.3) is 43.4 Å². The third kappa shape index (κ3) is 3.84. The molecule has 0 aromatic heterocycles. The number of rotatable bonds is 7. The fraction of sp³-hybridized carbons (Fsp3) is 0.226. The lowest BCUT2D eigenvalue weighted by Crippen LogP contribution is -1.97. The quantitative estimate of drug-likeness (QED) is 0.145. The minimum absolute atomic E-state index is 0.796. The van der Waals surface area contributed by atoms with Crippen LogP contribution in [0.2, 0.25) is 0 Å². The van der Waals surface area contributed by atoms with Crippen molar-refractivity contribution in [3.63, 3.8) is 0 Å². The minimum atomic E-state index is 0.796. The predicted octanol–water partition coefficient (Wildman–Crippen LogP) is 9.08. The lowest BCUT2D eigenvalue weighted by Gasteiger charge is -2.15. The average molecular weight is 419 g/mol. The highest BCUT2D eigenvalue weighted by Crippen LogP contribution is 2.39. The zero-order chi connectivity index (χ0) is 21.9. The van der Waals surface area contributed by atoms with Gasteiger partial charge in [0.05, 0.1) is 6.61 Å². The van der Waals surface area contributed by atoms with E-state index in [2.05, 4.69) is 98.8 Å². The number of benzene rings is 5. The lowest BCUT2D eigenvalue weighted by atomic mass is 9.89. The zero-order valence-electron chi connectivity index (χ0n) is 19.0. The van der Waals surface area contributed by atoms with Crippen LogP contribution in [0, 0.1) is 6.92 Å². The number of aryl methyl sites for hydroxylation is 1. The van der Waals surface area contributed by atoms with Crippen LogP contribution < -0.4 is 4.74 Å². The first-order valence-electron chi connectivity index (χ1n) is 11.8. The Balaban J connectivity index is 1.57. The molecule has 0 aliphatic rings. The zero-order valence-corrected chi connectivity index (χ0v) is 19.0. The second-order valence-electron chi connectivity index (χ2n) is 8.72.